The van der Waals surface area contributed by atoms with Gasteiger partial charge < -0.3 is 10.2 Å². The molecule has 7 nitrogen and oxygen atoms in total. The summed E-state index contributed by atoms with van der Waals surface area (Å²) in [6, 6.07) is 8.24. The van der Waals surface area contributed by atoms with E-state index in [2.05, 4.69) is 58.1 Å². The fourth-order valence-electron chi connectivity index (χ4n) is 4.07. The maximum atomic E-state index is 9.76. The molecule has 176 valence electrons. The maximum absolute atomic E-state index is 9.76. The molecule has 3 aromatic rings. The third-order valence-electron chi connectivity index (χ3n) is 5.67. The minimum absolute atomic E-state index is 0.482. The van der Waals surface area contributed by atoms with Crippen molar-refractivity contribution >= 4 is 31.8 Å². The molecule has 4 rings (SSSR count). The first kappa shape index (κ1) is 24.3. The lowest BCUT2D eigenvalue weighted by atomic mass is 10.0. The zero-order valence-electron chi connectivity index (χ0n) is 20.0. The van der Waals surface area contributed by atoms with E-state index in [0.717, 1.165) is 58.9 Å². The molecule has 35 heavy (non-hydrogen) atoms. The lowest BCUT2D eigenvalue weighted by molar-refractivity contribution is 0.704. The maximum Gasteiger partial charge on any atom is 0.141 e. The largest absolute Gasteiger partial charge is 0.365 e. The summed E-state index contributed by atoms with van der Waals surface area (Å²) in [5.74, 6) is 1.62. The number of anilines is 2. The number of pyridine rings is 2. The van der Waals surface area contributed by atoms with E-state index >= 15 is 0 Å². The average molecular weight is 482 g/mol. The molecule has 0 aliphatic carbocycles. The van der Waals surface area contributed by atoms with E-state index in [-0.39, 0.29) is 0 Å². The van der Waals surface area contributed by atoms with Crippen LogP contribution in [0.15, 0.2) is 67.3 Å². The van der Waals surface area contributed by atoms with Gasteiger partial charge >= 0.3 is 0 Å². The lowest BCUT2D eigenvalue weighted by Crippen LogP contribution is -2.34. The van der Waals surface area contributed by atoms with Gasteiger partial charge in [0.15, 0.2) is 0 Å². The molecule has 3 aromatic heterocycles. The number of allylic oxidation sites excluding steroid dienone is 5. The fourth-order valence-corrected chi connectivity index (χ4v) is 4.51. The van der Waals surface area contributed by atoms with Crippen molar-refractivity contribution in [3.8, 4) is 6.07 Å². The van der Waals surface area contributed by atoms with Gasteiger partial charge in [-0.3, -0.25) is 9.97 Å². The van der Waals surface area contributed by atoms with Gasteiger partial charge in [-0.1, -0.05) is 45.7 Å². The number of nitrogens with one attached hydrogen (secondary N) is 1. The highest BCUT2D eigenvalue weighted by atomic mass is 31.0. The van der Waals surface area contributed by atoms with E-state index in [1.165, 1.54) is 5.56 Å². The number of fused-ring (bicyclic) bond motifs is 1. The van der Waals surface area contributed by atoms with Crippen LogP contribution in [0.5, 0.6) is 0 Å². The smallest absolute Gasteiger partial charge is 0.141 e. The van der Waals surface area contributed by atoms with Gasteiger partial charge in [-0.15, -0.1) is 0 Å². The van der Waals surface area contributed by atoms with Crippen molar-refractivity contribution in [2.75, 3.05) is 16.8 Å². The van der Waals surface area contributed by atoms with Crippen LogP contribution in [0.25, 0.3) is 5.57 Å². The number of nitrogens with zero attached hydrogens (tertiary/aromatic N) is 6. The number of nitriles is 1. The third kappa shape index (κ3) is 5.62. The van der Waals surface area contributed by atoms with E-state index in [1.807, 2.05) is 50.4 Å². The van der Waals surface area contributed by atoms with Gasteiger partial charge in [0.1, 0.15) is 24.0 Å². The molecule has 1 aliphatic rings. The van der Waals surface area contributed by atoms with Gasteiger partial charge in [0, 0.05) is 49.7 Å². The van der Waals surface area contributed by atoms with Crippen LogP contribution in [0.1, 0.15) is 41.9 Å². The quantitative estimate of drug-likeness (QED) is 0.396. The molecule has 4 heterocycles. The Balaban J connectivity index is 1.53. The molecule has 0 radical (unpaired) electrons. The van der Waals surface area contributed by atoms with Gasteiger partial charge in [0.05, 0.1) is 16.6 Å². The fraction of sp³-hybridized carbons (Fsp3) is 0.222. The van der Waals surface area contributed by atoms with E-state index in [1.54, 1.807) is 12.5 Å². The Bertz CT molecular complexity index is 1350. The molecule has 1 aliphatic heterocycles. The summed E-state index contributed by atoms with van der Waals surface area (Å²) in [6.45, 7) is 9.91. The molecule has 0 amide bonds. The zero-order valence-corrected chi connectivity index (χ0v) is 21.1. The highest BCUT2D eigenvalue weighted by Gasteiger charge is 2.21. The summed E-state index contributed by atoms with van der Waals surface area (Å²) in [4.78, 5) is 20.3. The molecular formula is C27H28N7P. The van der Waals surface area contributed by atoms with Crippen LogP contribution >= 0.6 is 9.24 Å². The van der Waals surface area contributed by atoms with Crippen LogP contribution in [0.3, 0.4) is 0 Å². The second kappa shape index (κ2) is 11.0. The predicted octanol–water partition coefficient (Wildman–Crippen LogP) is 4.35. The predicted molar refractivity (Wildman–Crippen MR) is 144 cm³/mol. The van der Waals surface area contributed by atoms with Crippen LogP contribution in [0.4, 0.5) is 11.6 Å². The molecule has 0 fully saturated rings. The SMILES string of the molecule is C=C(C)/C=C(\C=C/C)c1ncc(CNc2ncnc(N3CCc4ncccc4C3)c2P)cc1C#N. The topological polar surface area (TPSA) is 90.6 Å². The van der Waals surface area contributed by atoms with Crippen molar-refractivity contribution in [3.05, 3.63) is 95.4 Å². The van der Waals surface area contributed by atoms with E-state index in [0.29, 0.717) is 17.8 Å². The summed E-state index contributed by atoms with van der Waals surface area (Å²) in [5.41, 5.74) is 6.20. The number of hydrogen-bond acceptors (Lipinski definition) is 7. The normalized spacial score (nSPS) is 13.4. The van der Waals surface area contributed by atoms with Crippen LogP contribution in [-0.2, 0) is 19.5 Å². The van der Waals surface area contributed by atoms with E-state index in [4.69, 9.17) is 0 Å². The van der Waals surface area contributed by atoms with Gasteiger partial charge in [-0.25, -0.2) is 9.97 Å². The van der Waals surface area contributed by atoms with Gasteiger partial charge in [-0.05, 0) is 37.1 Å². The number of hydrogen-bond donors (Lipinski definition) is 1. The van der Waals surface area contributed by atoms with Crippen LogP contribution < -0.4 is 15.5 Å². The molecular weight excluding hydrogens is 453 g/mol. The molecule has 0 aromatic carbocycles. The molecule has 0 saturated heterocycles. The molecule has 1 atom stereocenters. The minimum atomic E-state index is 0.482. The Labute approximate surface area is 208 Å². The van der Waals surface area contributed by atoms with Crippen LogP contribution in [-0.4, -0.2) is 26.5 Å². The lowest BCUT2D eigenvalue weighted by Gasteiger charge is -2.30. The first-order valence-corrected chi connectivity index (χ1v) is 12.0. The van der Waals surface area contributed by atoms with Crippen molar-refractivity contribution in [2.24, 2.45) is 0 Å². The van der Waals surface area contributed by atoms with Crippen molar-refractivity contribution in [2.45, 2.75) is 33.4 Å². The summed E-state index contributed by atoms with van der Waals surface area (Å²) in [5, 5.41) is 14.0. The standard InChI is InChI=1S/C27H28N7P/c1-4-6-20(11-18(2)3)24-22(13-28)12-19(14-30-24)15-31-26-25(35)27(33-17-32-26)34-10-8-23-21(16-34)7-5-9-29-23/h4-7,9,11-12,14,17H,2,8,10,15-16,35H2,1,3H3,(H,31,32,33)/b6-4-,20-11+. The van der Waals surface area contributed by atoms with Crippen molar-refractivity contribution < 1.29 is 0 Å². The van der Waals surface area contributed by atoms with Gasteiger partial charge in [0.25, 0.3) is 0 Å². The highest BCUT2D eigenvalue weighted by molar-refractivity contribution is 7.28. The second-order valence-corrected chi connectivity index (χ2v) is 8.97. The Morgan fingerprint density at radius 3 is 2.94 bits per heavy atom. The molecule has 1 unspecified atom stereocenters. The molecule has 8 heteroatoms. The van der Waals surface area contributed by atoms with Crippen molar-refractivity contribution in [1.29, 1.82) is 5.26 Å². The van der Waals surface area contributed by atoms with Crippen LogP contribution in [0, 0.1) is 11.3 Å². The second-order valence-electron chi connectivity index (χ2n) is 8.39. The Hall–Kier alpha value is -3.88. The molecule has 1 N–H and O–H groups in total. The summed E-state index contributed by atoms with van der Waals surface area (Å²) in [7, 11) is 2.77. The molecule has 0 bridgehead atoms. The van der Waals surface area contributed by atoms with Crippen LogP contribution in [0.2, 0.25) is 0 Å². The van der Waals surface area contributed by atoms with Gasteiger partial charge in [0.2, 0.25) is 0 Å². The molecule has 0 saturated carbocycles. The Morgan fingerprint density at radius 2 is 2.17 bits per heavy atom. The van der Waals surface area contributed by atoms with E-state index in [9.17, 15) is 5.26 Å². The number of rotatable bonds is 7. The van der Waals surface area contributed by atoms with Gasteiger partial charge in [-0.2, -0.15) is 5.26 Å². The minimum Gasteiger partial charge on any atom is -0.365 e. The average Bonchev–Trinajstić information content (AvgIpc) is 2.87. The summed E-state index contributed by atoms with van der Waals surface area (Å²) < 4.78 is 0. The zero-order chi connectivity index (χ0) is 24.8. The number of aromatic nitrogens is 4. The monoisotopic (exact) mass is 481 g/mol. The highest BCUT2D eigenvalue weighted by Crippen LogP contribution is 2.24. The van der Waals surface area contributed by atoms with E-state index < -0.39 is 0 Å². The summed E-state index contributed by atoms with van der Waals surface area (Å²) in [6.07, 6.45) is 11.9. The Morgan fingerprint density at radius 1 is 1.31 bits per heavy atom. The molecule has 0 spiro atoms. The Kier molecular flexibility index (Phi) is 7.64. The first-order valence-electron chi connectivity index (χ1n) is 11.4. The first-order chi connectivity index (χ1) is 17.0. The van der Waals surface area contributed by atoms with Crippen molar-refractivity contribution in [3.63, 3.8) is 0 Å². The van der Waals surface area contributed by atoms with Crippen molar-refractivity contribution in [1.82, 2.24) is 19.9 Å². The summed E-state index contributed by atoms with van der Waals surface area (Å²) >= 11 is 0. The third-order valence-corrected chi connectivity index (χ3v) is 6.20.